The number of amides is 1. The summed E-state index contributed by atoms with van der Waals surface area (Å²) in [6.07, 6.45) is -0.720. The van der Waals surface area contributed by atoms with Crippen molar-refractivity contribution in [1.82, 2.24) is 0 Å². The van der Waals surface area contributed by atoms with E-state index in [0.717, 1.165) is 0 Å². The highest BCUT2D eigenvalue weighted by Crippen LogP contribution is 2.04. The van der Waals surface area contributed by atoms with Crippen LogP contribution in [0, 0.1) is 0 Å². The molecule has 0 unspecified atom stereocenters. The van der Waals surface area contributed by atoms with Gasteiger partial charge in [-0.05, 0) is 20.8 Å². The van der Waals surface area contributed by atoms with Crippen molar-refractivity contribution in [3.05, 3.63) is 0 Å². The van der Waals surface area contributed by atoms with Gasteiger partial charge in [-0.1, -0.05) is 0 Å². The lowest BCUT2D eigenvalue weighted by Crippen LogP contribution is -2.27. The first-order valence-electron chi connectivity index (χ1n) is 2.86. The third kappa shape index (κ3) is 5.27. The van der Waals surface area contributed by atoms with E-state index < -0.39 is 11.7 Å². The molecule has 0 saturated carbocycles. The Morgan fingerprint density at radius 2 is 2.25 bits per heavy atom. The molecule has 48 valence electrons. The topological polar surface area (TPSA) is 52.3 Å². The fourth-order valence-electron chi connectivity index (χ4n) is 0.278. The van der Waals surface area contributed by atoms with Crippen molar-refractivity contribution in [3.63, 3.8) is 0 Å². The number of rotatable bonds is 0. The maximum Gasteiger partial charge on any atom is 0.405 e. The first kappa shape index (κ1) is 5.41. The van der Waals surface area contributed by atoms with Gasteiger partial charge in [-0.25, -0.2) is 4.79 Å². The summed E-state index contributed by atoms with van der Waals surface area (Å²) in [5.74, 6) is 0. The van der Waals surface area contributed by atoms with Gasteiger partial charge in [-0.3, -0.25) is 0 Å². The van der Waals surface area contributed by atoms with Crippen molar-refractivity contribution in [2.45, 2.75) is 26.4 Å². The smallest absolute Gasteiger partial charge is 0.405 e. The molecule has 2 N–H and O–H groups in total. The predicted octanol–water partition coefficient (Wildman–Crippen LogP) is 0.880. The number of ether oxygens (including phenoxy) is 1. The number of carbonyl (C=O) groups excluding carboxylic acids is 1. The molecular formula is C5H11NO2. The first-order chi connectivity index (χ1) is 3.95. The zero-order valence-electron chi connectivity index (χ0n) is 6.32. The van der Waals surface area contributed by atoms with E-state index in [2.05, 4.69) is 4.74 Å². The number of nitrogens with two attached hydrogens (primary N) is 1. The highest BCUT2D eigenvalue weighted by Gasteiger charge is 2.12. The molecule has 0 heterocycles. The van der Waals surface area contributed by atoms with Crippen molar-refractivity contribution in [3.8, 4) is 0 Å². The summed E-state index contributed by atoms with van der Waals surface area (Å²) in [4.78, 5) is 10.3. The third-order valence-electron chi connectivity index (χ3n) is 0.399. The van der Waals surface area contributed by atoms with Crippen LogP contribution in [0.25, 0.3) is 0 Å². The molecular weight excluding hydrogens is 106 g/mol. The SMILES string of the molecule is [3H]NC(=O)OC(C)(C)C. The van der Waals surface area contributed by atoms with E-state index in [1.807, 2.05) is 0 Å². The van der Waals surface area contributed by atoms with Gasteiger partial charge < -0.3 is 10.5 Å². The molecule has 0 aromatic carbocycles. The second-order valence-corrected chi connectivity index (χ2v) is 2.50. The molecule has 3 nitrogen and oxygen atoms in total. The molecule has 0 saturated heterocycles. The average Bonchev–Trinajstić information content (AvgIpc) is 1.62. The van der Waals surface area contributed by atoms with Crippen LogP contribution in [0.1, 0.15) is 20.8 Å². The van der Waals surface area contributed by atoms with Crippen LogP contribution in [0.5, 0.6) is 0 Å². The van der Waals surface area contributed by atoms with Crippen LogP contribution in [0.15, 0.2) is 0 Å². The molecule has 0 aromatic rings. The molecule has 8 heavy (non-hydrogen) atoms. The minimum atomic E-state index is -0.720. The van der Waals surface area contributed by atoms with E-state index in [1.54, 1.807) is 26.5 Å². The lowest BCUT2D eigenvalue weighted by Gasteiger charge is -2.16. The monoisotopic (exact) mass is 119 g/mol. The number of hydrogen-bond acceptors (Lipinski definition) is 2. The number of carbonyl (C=O) groups is 1. The molecule has 0 atom stereocenters. The molecule has 0 aliphatic heterocycles. The van der Waals surface area contributed by atoms with Gasteiger partial charge >= 0.3 is 6.09 Å². The van der Waals surface area contributed by atoms with Gasteiger partial charge in [0.1, 0.15) is 5.60 Å². The van der Waals surface area contributed by atoms with E-state index in [9.17, 15) is 4.79 Å². The normalized spacial score (nSPS) is 12.1. The van der Waals surface area contributed by atoms with Crippen LogP contribution < -0.4 is 5.73 Å². The molecule has 0 aromatic heterocycles. The van der Waals surface area contributed by atoms with Crippen LogP contribution in [-0.4, -0.2) is 11.7 Å². The minimum Gasteiger partial charge on any atom is -0.444 e. The van der Waals surface area contributed by atoms with E-state index in [4.69, 9.17) is 1.41 Å². The van der Waals surface area contributed by atoms with Crippen molar-refractivity contribution < 1.29 is 10.9 Å². The molecule has 0 bridgehead atoms. The second kappa shape index (κ2) is 2.03. The number of hydrogen-bond donors (Lipinski definition) is 1. The molecule has 3 heteroatoms. The summed E-state index contributed by atoms with van der Waals surface area (Å²) in [5, 5.41) is 0. The summed E-state index contributed by atoms with van der Waals surface area (Å²) in [6, 6.07) is 0. The van der Waals surface area contributed by atoms with Gasteiger partial charge in [-0.15, -0.1) is 0 Å². The van der Waals surface area contributed by atoms with E-state index in [-0.39, 0.29) is 0 Å². The highest BCUT2D eigenvalue weighted by molar-refractivity contribution is 5.65. The van der Waals surface area contributed by atoms with Gasteiger partial charge in [-0.2, -0.15) is 0 Å². The van der Waals surface area contributed by atoms with Crippen LogP contribution in [0.2, 0.25) is 1.41 Å². The minimum absolute atomic E-state index is 0.509. The average molecular weight is 119 g/mol. The number of primary amides is 1. The standard InChI is InChI=1S/C5H11NO2/c1-5(2,3)8-4(6)7/h1-3H3,(H2,6,7)/i/hT. The zero-order chi connectivity index (χ0) is 7.49. The molecule has 1 amide bonds. The molecule has 0 fully saturated rings. The van der Waals surface area contributed by atoms with Crippen LogP contribution >= 0.6 is 0 Å². The Bertz CT molecular complexity index is 108. The lowest BCUT2D eigenvalue weighted by molar-refractivity contribution is 0.0600. The highest BCUT2D eigenvalue weighted by atomic mass is 16.6. The molecule has 0 radical (unpaired) electrons. The quantitative estimate of drug-likeness (QED) is 0.514. The molecule has 0 rings (SSSR count). The van der Waals surface area contributed by atoms with Crippen molar-refractivity contribution >= 4 is 6.09 Å². The van der Waals surface area contributed by atoms with E-state index in [1.165, 1.54) is 0 Å². The zero-order valence-corrected chi connectivity index (χ0v) is 5.32. The Hall–Kier alpha value is -0.730. The van der Waals surface area contributed by atoms with Crippen molar-refractivity contribution in [1.29, 1.82) is 0 Å². The van der Waals surface area contributed by atoms with Gasteiger partial charge in [0.2, 0.25) is 0 Å². The Labute approximate surface area is 50.3 Å². The Kier molecular flexibility index (Phi) is 1.37. The predicted molar refractivity (Wildman–Crippen MR) is 30.4 cm³/mol. The van der Waals surface area contributed by atoms with Gasteiger partial charge in [0.15, 0.2) is 1.41 Å². The van der Waals surface area contributed by atoms with Crippen LogP contribution in [-0.2, 0) is 4.74 Å². The summed E-state index contributed by atoms with van der Waals surface area (Å²) < 4.78 is 11.0. The van der Waals surface area contributed by atoms with Crippen LogP contribution in [0.3, 0.4) is 0 Å². The van der Waals surface area contributed by atoms with E-state index in [0.29, 0.717) is 0 Å². The maximum absolute atomic E-state index is 10.3. The second-order valence-electron chi connectivity index (χ2n) is 2.50. The largest absolute Gasteiger partial charge is 0.444 e. The summed E-state index contributed by atoms with van der Waals surface area (Å²) in [5.41, 5.74) is 1.10. The maximum atomic E-state index is 10.3. The lowest BCUT2D eigenvalue weighted by atomic mass is 10.2. The fraction of sp³-hybridized carbons (Fsp3) is 0.800. The first-order valence-corrected chi connectivity index (χ1v) is 2.36. The van der Waals surface area contributed by atoms with Crippen molar-refractivity contribution in [2.24, 2.45) is 5.73 Å². The Morgan fingerprint density at radius 3 is 2.38 bits per heavy atom. The van der Waals surface area contributed by atoms with E-state index >= 15 is 0 Å². The summed E-state index contributed by atoms with van der Waals surface area (Å²) >= 11 is 0. The van der Waals surface area contributed by atoms with Gasteiger partial charge in [0.25, 0.3) is 0 Å². The molecule has 0 spiro atoms. The Balaban J connectivity index is 3.60. The summed E-state index contributed by atoms with van der Waals surface area (Å²) in [6.45, 7) is 5.22. The fourth-order valence-corrected chi connectivity index (χ4v) is 0.278. The summed E-state index contributed by atoms with van der Waals surface area (Å²) in [7, 11) is 0. The molecule has 0 aliphatic carbocycles. The van der Waals surface area contributed by atoms with Crippen LogP contribution in [0.4, 0.5) is 4.79 Å². The van der Waals surface area contributed by atoms with Crippen molar-refractivity contribution in [2.75, 3.05) is 0 Å². The Morgan fingerprint density at radius 1 is 1.75 bits per heavy atom. The molecule has 0 aliphatic rings. The van der Waals surface area contributed by atoms with Gasteiger partial charge in [0.05, 0.1) is 0 Å². The third-order valence-corrected chi connectivity index (χ3v) is 0.399. The van der Waals surface area contributed by atoms with Gasteiger partial charge in [0, 0.05) is 0 Å².